The van der Waals surface area contributed by atoms with Gasteiger partial charge in [-0.2, -0.15) is 0 Å². The number of amides is 1. The average molecular weight is 314 g/mol. The molecule has 1 amide bonds. The lowest BCUT2D eigenvalue weighted by molar-refractivity contribution is -0.120. The minimum Gasteiger partial charge on any atom is -0.496 e. The predicted octanol–water partition coefficient (Wildman–Crippen LogP) is 2.56. The molecule has 4 nitrogen and oxygen atoms in total. The van der Waals surface area contributed by atoms with Crippen molar-refractivity contribution < 1.29 is 14.3 Å². The van der Waals surface area contributed by atoms with Gasteiger partial charge in [0.1, 0.15) is 5.75 Å². The third-order valence-corrected chi connectivity index (χ3v) is 3.21. The zero-order valence-electron chi connectivity index (χ0n) is 10.6. The molecule has 1 aromatic rings. The molecule has 1 aromatic carbocycles. The van der Waals surface area contributed by atoms with Gasteiger partial charge in [-0.1, -0.05) is 6.92 Å². The summed E-state index contributed by atoms with van der Waals surface area (Å²) in [5, 5.41) is 2.66. The second kappa shape index (κ2) is 6.54. The van der Waals surface area contributed by atoms with E-state index in [4.69, 9.17) is 4.74 Å². The molecular weight excluding hydrogens is 298 g/mol. The number of Topliss-reactive ketones (excluding diaryl/α,β-unsaturated/α-hetero) is 1. The molecule has 0 aliphatic heterocycles. The van der Waals surface area contributed by atoms with E-state index in [0.29, 0.717) is 22.2 Å². The van der Waals surface area contributed by atoms with Crippen molar-refractivity contribution in [3.05, 3.63) is 28.2 Å². The van der Waals surface area contributed by atoms with E-state index in [-0.39, 0.29) is 11.7 Å². The molecular formula is C13H16BrNO3. The lowest BCUT2D eigenvalue weighted by atomic mass is 10.1. The molecule has 5 heteroatoms. The van der Waals surface area contributed by atoms with E-state index in [2.05, 4.69) is 21.2 Å². The number of nitrogens with one attached hydrogen (secondary N) is 1. The van der Waals surface area contributed by atoms with Gasteiger partial charge in [0.05, 0.1) is 17.6 Å². The molecule has 0 aliphatic rings. The summed E-state index contributed by atoms with van der Waals surface area (Å²) < 4.78 is 5.78. The van der Waals surface area contributed by atoms with Gasteiger partial charge < -0.3 is 10.1 Å². The first-order valence-electron chi connectivity index (χ1n) is 5.66. The summed E-state index contributed by atoms with van der Waals surface area (Å²) in [6.45, 7) is 3.46. The fourth-order valence-electron chi connectivity index (χ4n) is 1.47. The van der Waals surface area contributed by atoms with Gasteiger partial charge >= 0.3 is 0 Å². The quantitative estimate of drug-likeness (QED) is 0.909. The number of ether oxygens (including phenoxy) is 1. The zero-order chi connectivity index (χ0) is 13.7. The highest BCUT2D eigenvalue weighted by Gasteiger charge is 2.15. The normalized spacial score (nSPS) is 11.8. The van der Waals surface area contributed by atoms with Crippen molar-refractivity contribution in [3.63, 3.8) is 0 Å². The molecule has 1 rings (SSSR count). The first-order valence-corrected chi connectivity index (χ1v) is 6.46. The highest BCUT2D eigenvalue weighted by atomic mass is 79.9. The number of halogens is 1. The van der Waals surface area contributed by atoms with Crippen LogP contribution in [0.15, 0.2) is 22.7 Å². The van der Waals surface area contributed by atoms with Crippen molar-refractivity contribution in [2.24, 2.45) is 0 Å². The molecule has 0 bridgehead atoms. The summed E-state index contributed by atoms with van der Waals surface area (Å²) in [6, 6.07) is 4.55. The van der Waals surface area contributed by atoms with Crippen LogP contribution in [0.1, 0.15) is 30.6 Å². The monoisotopic (exact) mass is 313 g/mol. The summed E-state index contributed by atoms with van der Waals surface area (Å²) in [4.78, 5) is 23.3. The number of carbonyl (C=O) groups is 2. The average Bonchev–Trinajstić information content (AvgIpc) is 2.37. The number of carbonyl (C=O) groups excluding carboxylic acids is 2. The van der Waals surface area contributed by atoms with Crippen molar-refractivity contribution in [3.8, 4) is 5.75 Å². The lowest BCUT2D eigenvalue weighted by Crippen LogP contribution is -2.38. The molecule has 0 heterocycles. The van der Waals surface area contributed by atoms with E-state index in [9.17, 15) is 9.59 Å². The first kappa shape index (κ1) is 14.7. The molecule has 0 aliphatic carbocycles. The van der Waals surface area contributed by atoms with Gasteiger partial charge in [-0.15, -0.1) is 0 Å². The van der Waals surface area contributed by atoms with E-state index in [0.717, 1.165) is 0 Å². The predicted molar refractivity (Wildman–Crippen MR) is 72.9 cm³/mol. The summed E-state index contributed by atoms with van der Waals surface area (Å²) in [6.07, 6.45) is 0.410. The Morgan fingerprint density at radius 3 is 2.61 bits per heavy atom. The second-order valence-corrected chi connectivity index (χ2v) is 4.72. The van der Waals surface area contributed by atoms with Gasteiger partial charge in [-0.25, -0.2) is 0 Å². The Balaban J connectivity index is 2.79. The number of ketones is 1. The topological polar surface area (TPSA) is 55.4 Å². The van der Waals surface area contributed by atoms with Crippen molar-refractivity contribution in [1.82, 2.24) is 5.32 Å². The maximum Gasteiger partial charge on any atom is 0.251 e. The molecule has 0 spiro atoms. The van der Waals surface area contributed by atoms with Crippen LogP contribution in [0.3, 0.4) is 0 Å². The second-order valence-electron chi connectivity index (χ2n) is 3.86. The van der Waals surface area contributed by atoms with Crippen molar-refractivity contribution >= 4 is 27.6 Å². The van der Waals surface area contributed by atoms with Crippen LogP contribution < -0.4 is 10.1 Å². The molecule has 0 saturated heterocycles. The summed E-state index contributed by atoms with van der Waals surface area (Å²) >= 11 is 3.31. The third-order valence-electron chi connectivity index (χ3n) is 2.59. The van der Waals surface area contributed by atoms with E-state index < -0.39 is 6.04 Å². The Kier molecular flexibility index (Phi) is 5.34. The van der Waals surface area contributed by atoms with E-state index >= 15 is 0 Å². The zero-order valence-corrected chi connectivity index (χ0v) is 12.2. The number of hydrogen-bond donors (Lipinski definition) is 1. The Morgan fingerprint density at radius 1 is 1.44 bits per heavy atom. The maximum absolute atomic E-state index is 11.9. The number of rotatable bonds is 5. The van der Waals surface area contributed by atoms with Gasteiger partial charge in [0.25, 0.3) is 5.91 Å². The molecule has 0 aromatic heterocycles. The third kappa shape index (κ3) is 3.57. The van der Waals surface area contributed by atoms with E-state index in [1.54, 1.807) is 39.2 Å². The summed E-state index contributed by atoms with van der Waals surface area (Å²) in [7, 11) is 1.56. The maximum atomic E-state index is 11.9. The molecule has 1 unspecified atom stereocenters. The van der Waals surface area contributed by atoms with Gasteiger partial charge in [0, 0.05) is 12.0 Å². The minimum absolute atomic E-state index is 0.0101. The van der Waals surface area contributed by atoms with Crippen LogP contribution in [0, 0.1) is 0 Å². The van der Waals surface area contributed by atoms with Crippen LogP contribution in [0.2, 0.25) is 0 Å². The summed E-state index contributed by atoms with van der Waals surface area (Å²) in [5.74, 6) is 0.396. The molecule has 0 saturated carbocycles. The standard InChI is InChI=1S/C13H16BrNO3/c1-4-11(16)8(2)15-13(17)9-5-6-12(18-3)10(14)7-9/h5-8H,4H2,1-3H3,(H,15,17). The summed E-state index contributed by atoms with van der Waals surface area (Å²) in [5.41, 5.74) is 0.485. The molecule has 18 heavy (non-hydrogen) atoms. The molecule has 1 atom stereocenters. The van der Waals surface area contributed by atoms with Crippen LogP contribution in [-0.4, -0.2) is 24.8 Å². The van der Waals surface area contributed by atoms with Crippen LogP contribution in [0.5, 0.6) is 5.75 Å². The Morgan fingerprint density at radius 2 is 2.11 bits per heavy atom. The number of hydrogen-bond acceptors (Lipinski definition) is 3. The van der Waals surface area contributed by atoms with Crippen LogP contribution in [-0.2, 0) is 4.79 Å². The Hall–Kier alpha value is -1.36. The van der Waals surface area contributed by atoms with Gasteiger partial charge in [0.2, 0.25) is 0 Å². The Labute approximate surface area is 115 Å². The molecule has 0 radical (unpaired) electrons. The smallest absolute Gasteiger partial charge is 0.251 e. The Bertz CT molecular complexity index is 460. The van der Waals surface area contributed by atoms with Crippen LogP contribution >= 0.6 is 15.9 Å². The molecule has 98 valence electrons. The van der Waals surface area contributed by atoms with E-state index in [1.807, 2.05) is 0 Å². The van der Waals surface area contributed by atoms with Crippen LogP contribution in [0.4, 0.5) is 0 Å². The van der Waals surface area contributed by atoms with Crippen molar-refractivity contribution in [1.29, 1.82) is 0 Å². The van der Waals surface area contributed by atoms with Gasteiger partial charge in [0.15, 0.2) is 5.78 Å². The van der Waals surface area contributed by atoms with Crippen molar-refractivity contribution in [2.75, 3.05) is 7.11 Å². The lowest BCUT2D eigenvalue weighted by Gasteiger charge is -2.12. The van der Waals surface area contributed by atoms with Gasteiger partial charge in [-0.05, 0) is 41.1 Å². The SMILES string of the molecule is CCC(=O)C(C)NC(=O)c1ccc(OC)c(Br)c1. The minimum atomic E-state index is -0.469. The molecule has 1 N–H and O–H groups in total. The van der Waals surface area contributed by atoms with Crippen LogP contribution in [0.25, 0.3) is 0 Å². The fourth-order valence-corrected chi connectivity index (χ4v) is 2.01. The number of methoxy groups -OCH3 is 1. The molecule has 0 fully saturated rings. The van der Waals surface area contributed by atoms with Crippen molar-refractivity contribution in [2.45, 2.75) is 26.3 Å². The largest absolute Gasteiger partial charge is 0.496 e. The van der Waals surface area contributed by atoms with Gasteiger partial charge in [-0.3, -0.25) is 9.59 Å². The first-order chi connectivity index (χ1) is 8.49. The fraction of sp³-hybridized carbons (Fsp3) is 0.385. The van der Waals surface area contributed by atoms with E-state index in [1.165, 1.54) is 0 Å². The highest BCUT2D eigenvalue weighted by Crippen LogP contribution is 2.25. The number of benzene rings is 1. The highest BCUT2D eigenvalue weighted by molar-refractivity contribution is 9.10.